The topological polar surface area (TPSA) is 84.0 Å². The van der Waals surface area contributed by atoms with Crippen LogP contribution in [-0.4, -0.2) is 28.1 Å². The van der Waals surface area contributed by atoms with E-state index in [9.17, 15) is 9.59 Å². The lowest BCUT2D eigenvalue weighted by atomic mass is 10.0. The van der Waals surface area contributed by atoms with Crippen LogP contribution < -0.4 is 10.6 Å². The summed E-state index contributed by atoms with van der Waals surface area (Å²) in [5, 5.41) is 15.1. The molecule has 0 aliphatic rings. The first kappa shape index (κ1) is 24.1. The summed E-state index contributed by atoms with van der Waals surface area (Å²) in [7, 11) is 0. The van der Waals surface area contributed by atoms with Gasteiger partial charge in [-0.2, -0.15) is 0 Å². The number of benzene rings is 4. The van der Waals surface area contributed by atoms with Crippen molar-refractivity contribution in [3.8, 4) is 21.7 Å². The van der Waals surface area contributed by atoms with Crippen molar-refractivity contribution in [2.45, 2.75) is 12.5 Å². The summed E-state index contributed by atoms with van der Waals surface area (Å²) in [5.41, 5.74) is 4.43. The number of nitrogens with one attached hydrogen (secondary N) is 2. The van der Waals surface area contributed by atoms with Gasteiger partial charge in [-0.05, 0) is 28.8 Å². The maximum atomic E-state index is 13.3. The fourth-order valence-corrected chi connectivity index (χ4v) is 4.66. The number of carbonyl (C=O) groups excluding carboxylic acids is 2. The number of hydrogen-bond acceptors (Lipinski definition) is 5. The fourth-order valence-electron chi connectivity index (χ4n) is 3.91. The van der Waals surface area contributed by atoms with Crippen LogP contribution in [-0.2, 0) is 11.2 Å². The second kappa shape index (κ2) is 11.4. The highest BCUT2D eigenvalue weighted by Crippen LogP contribution is 2.26. The fraction of sp³-hybridized carbons (Fsp3) is 0.0667. The van der Waals surface area contributed by atoms with Crippen LogP contribution in [0.2, 0.25) is 0 Å². The summed E-state index contributed by atoms with van der Waals surface area (Å²) in [6, 6.07) is 35.8. The van der Waals surface area contributed by atoms with Crippen molar-refractivity contribution in [2.75, 3.05) is 5.32 Å². The van der Waals surface area contributed by atoms with Crippen molar-refractivity contribution in [1.82, 2.24) is 15.5 Å². The molecular formula is C30H24N4O2S. The quantitative estimate of drug-likeness (QED) is 0.278. The van der Waals surface area contributed by atoms with Gasteiger partial charge in [-0.25, -0.2) is 0 Å². The summed E-state index contributed by atoms with van der Waals surface area (Å²) < 4.78 is 0. The average Bonchev–Trinajstić information content (AvgIpc) is 3.43. The second-order valence-electron chi connectivity index (χ2n) is 8.43. The number of amides is 2. The first-order valence-corrected chi connectivity index (χ1v) is 12.7. The molecule has 2 N–H and O–H groups in total. The zero-order chi connectivity index (χ0) is 25.5. The molecular weight excluding hydrogens is 480 g/mol. The minimum atomic E-state index is -0.798. The van der Waals surface area contributed by atoms with Gasteiger partial charge >= 0.3 is 0 Å². The van der Waals surface area contributed by atoms with Gasteiger partial charge in [-0.3, -0.25) is 14.9 Å². The van der Waals surface area contributed by atoms with E-state index in [1.54, 1.807) is 12.1 Å². The summed E-state index contributed by atoms with van der Waals surface area (Å²) in [4.78, 5) is 26.4. The van der Waals surface area contributed by atoms with Crippen molar-refractivity contribution in [3.05, 3.63) is 126 Å². The smallest absolute Gasteiger partial charge is 0.251 e. The zero-order valence-electron chi connectivity index (χ0n) is 19.9. The Bertz CT molecular complexity index is 1470. The third kappa shape index (κ3) is 6.15. The minimum Gasteiger partial charge on any atom is -0.340 e. The van der Waals surface area contributed by atoms with E-state index >= 15 is 0 Å². The van der Waals surface area contributed by atoms with Crippen molar-refractivity contribution >= 4 is 28.3 Å². The molecule has 5 rings (SSSR count). The van der Waals surface area contributed by atoms with Crippen LogP contribution in [0.3, 0.4) is 0 Å². The van der Waals surface area contributed by atoms with Crippen LogP contribution in [0.4, 0.5) is 5.13 Å². The maximum Gasteiger partial charge on any atom is 0.251 e. The Hall–Kier alpha value is -4.62. The van der Waals surface area contributed by atoms with Crippen LogP contribution in [0, 0.1) is 0 Å². The van der Waals surface area contributed by atoms with Gasteiger partial charge in [-0.1, -0.05) is 114 Å². The third-order valence-electron chi connectivity index (χ3n) is 5.83. The van der Waals surface area contributed by atoms with E-state index in [-0.39, 0.29) is 11.8 Å². The molecule has 1 aromatic heterocycles. The lowest BCUT2D eigenvalue weighted by Crippen LogP contribution is -2.45. The molecule has 0 bridgehead atoms. The van der Waals surface area contributed by atoms with Crippen LogP contribution in [0.25, 0.3) is 21.7 Å². The van der Waals surface area contributed by atoms with Gasteiger partial charge in [0.05, 0.1) is 0 Å². The average molecular weight is 505 g/mol. The number of anilines is 1. The normalized spacial score (nSPS) is 11.5. The minimum absolute atomic E-state index is 0.321. The van der Waals surface area contributed by atoms with E-state index in [2.05, 4.69) is 20.8 Å². The van der Waals surface area contributed by atoms with Crippen molar-refractivity contribution in [2.24, 2.45) is 0 Å². The molecule has 2 amide bonds. The number of rotatable bonds is 8. The Morgan fingerprint density at radius 2 is 1.24 bits per heavy atom. The molecule has 0 radical (unpaired) electrons. The van der Waals surface area contributed by atoms with Gasteiger partial charge in [0, 0.05) is 17.5 Å². The molecule has 0 fully saturated rings. The van der Waals surface area contributed by atoms with E-state index in [1.807, 2.05) is 103 Å². The largest absolute Gasteiger partial charge is 0.340 e. The van der Waals surface area contributed by atoms with E-state index in [4.69, 9.17) is 0 Å². The highest BCUT2D eigenvalue weighted by atomic mass is 32.1. The summed E-state index contributed by atoms with van der Waals surface area (Å²) >= 11 is 1.29. The molecule has 5 aromatic rings. The molecule has 182 valence electrons. The van der Waals surface area contributed by atoms with Crippen LogP contribution >= 0.6 is 11.3 Å². The van der Waals surface area contributed by atoms with Gasteiger partial charge in [-0.15, -0.1) is 10.2 Å². The molecule has 0 saturated carbocycles. The Kier molecular flexibility index (Phi) is 7.43. The van der Waals surface area contributed by atoms with Crippen molar-refractivity contribution in [3.63, 3.8) is 0 Å². The number of nitrogens with zero attached hydrogens (tertiary/aromatic N) is 2. The lowest BCUT2D eigenvalue weighted by Gasteiger charge is -2.18. The van der Waals surface area contributed by atoms with Crippen LogP contribution in [0.1, 0.15) is 15.9 Å². The lowest BCUT2D eigenvalue weighted by molar-refractivity contribution is -0.118. The Balaban J connectivity index is 1.32. The monoisotopic (exact) mass is 504 g/mol. The molecule has 4 aromatic carbocycles. The summed E-state index contributed by atoms with van der Waals surface area (Å²) in [6.07, 6.45) is 0.338. The third-order valence-corrected chi connectivity index (χ3v) is 6.72. The molecule has 7 heteroatoms. The van der Waals surface area contributed by atoms with Crippen LogP contribution in [0.15, 0.2) is 115 Å². The highest BCUT2D eigenvalue weighted by molar-refractivity contribution is 7.18. The van der Waals surface area contributed by atoms with Crippen LogP contribution in [0.5, 0.6) is 0 Å². The summed E-state index contributed by atoms with van der Waals surface area (Å²) in [5.74, 6) is -0.674. The molecule has 1 atom stereocenters. The van der Waals surface area contributed by atoms with Gasteiger partial charge < -0.3 is 5.32 Å². The predicted octanol–water partition coefficient (Wildman–Crippen LogP) is 5.85. The molecule has 0 aliphatic carbocycles. The number of aromatic nitrogens is 2. The maximum absolute atomic E-state index is 13.3. The van der Waals surface area contributed by atoms with Crippen molar-refractivity contribution < 1.29 is 9.59 Å². The molecule has 0 aliphatic heterocycles. The molecule has 1 heterocycles. The molecule has 6 nitrogen and oxygen atoms in total. The van der Waals surface area contributed by atoms with Gasteiger partial charge in [0.15, 0.2) is 0 Å². The van der Waals surface area contributed by atoms with E-state index in [0.29, 0.717) is 22.1 Å². The molecule has 37 heavy (non-hydrogen) atoms. The van der Waals surface area contributed by atoms with E-state index in [0.717, 1.165) is 22.3 Å². The predicted molar refractivity (Wildman–Crippen MR) is 147 cm³/mol. The Morgan fingerprint density at radius 1 is 0.676 bits per heavy atom. The standard InChI is InChI=1S/C30H24N4O2S/c35-27(24-18-16-23(17-19-24)22-12-6-2-7-13-22)31-26(20-21-10-4-1-5-11-21)28(36)32-30-34-33-29(37-30)25-14-8-3-9-15-25/h1-19,26H,20H2,(H,31,35)(H,32,34,36). The zero-order valence-corrected chi connectivity index (χ0v) is 20.7. The highest BCUT2D eigenvalue weighted by Gasteiger charge is 2.23. The van der Waals surface area contributed by atoms with Crippen molar-refractivity contribution in [1.29, 1.82) is 0 Å². The van der Waals surface area contributed by atoms with Gasteiger partial charge in [0.1, 0.15) is 11.0 Å². The second-order valence-corrected chi connectivity index (χ2v) is 9.40. The van der Waals surface area contributed by atoms with Gasteiger partial charge in [0.25, 0.3) is 5.91 Å². The SMILES string of the molecule is O=C(NC(Cc1ccccc1)C(=O)Nc1nnc(-c2ccccc2)s1)c1ccc(-c2ccccc2)cc1. The number of hydrogen-bond donors (Lipinski definition) is 2. The Morgan fingerprint density at radius 3 is 1.89 bits per heavy atom. The molecule has 0 spiro atoms. The van der Waals surface area contributed by atoms with Gasteiger partial charge in [0.2, 0.25) is 11.0 Å². The van der Waals surface area contributed by atoms with E-state index < -0.39 is 6.04 Å². The Labute approximate surface area is 219 Å². The first-order chi connectivity index (χ1) is 18.2. The van der Waals surface area contributed by atoms with E-state index in [1.165, 1.54) is 11.3 Å². The first-order valence-electron chi connectivity index (χ1n) is 11.9. The molecule has 0 saturated heterocycles. The summed E-state index contributed by atoms with van der Waals surface area (Å²) in [6.45, 7) is 0. The number of carbonyl (C=O) groups is 2. The molecule has 1 unspecified atom stereocenters.